The lowest BCUT2D eigenvalue weighted by atomic mass is 10.1. The van der Waals surface area contributed by atoms with Gasteiger partial charge in [-0.2, -0.15) is 15.0 Å². The Bertz CT molecular complexity index is 991. The van der Waals surface area contributed by atoms with Crippen molar-refractivity contribution in [2.45, 2.75) is 19.9 Å². The molecule has 1 fully saturated rings. The maximum atomic E-state index is 13.5. The topological polar surface area (TPSA) is 63.5 Å². The van der Waals surface area contributed by atoms with Crippen LogP contribution in [0.4, 0.5) is 10.1 Å². The molecule has 1 saturated heterocycles. The van der Waals surface area contributed by atoms with Crippen molar-refractivity contribution in [2.75, 3.05) is 24.8 Å². The summed E-state index contributed by atoms with van der Waals surface area (Å²) in [5.41, 5.74) is 2.92. The number of rotatable bonds is 3. The Hall–Kier alpha value is -3.26. The van der Waals surface area contributed by atoms with Gasteiger partial charge in [0.25, 0.3) is 5.91 Å². The molecule has 0 unspecified atom stereocenters. The molecule has 0 radical (unpaired) electrons. The van der Waals surface area contributed by atoms with Crippen LogP contribution < -0.4 is 5.06 Å². The molecule has 8 heteroatoms. The summed E-state index contributed by atoms with van der Waals surface area (Å²) in [6.07, 6.45) is 3.16. The molecule has 0 N–H and O–H groups in total. The fourth-order valence-electron chi connectivity index (χ4n) is 3.37. The number of nitrogens with zero attached hydrogens (tertiary/aromatic N) is 5. The second kappa shape index (κ2) is 8.00. The fraction of sp³-hybridized carbons (Fsp3) is 0.286. The molecule has 0 saturated carbocycles. The first-order valence-corrected chi connectivity index (χ1v) is 9.47. The average Bonchev–Trinajstić information content (AvgIpc) is 3.18. The molecule has 4 rings (SSSR count). The highest BCUT2D eigenvalue weighted by Gasteiger charge is 2.28. The average molecular weight is 395 g/mol. The summed E-state index contributed by atoms with van der Waals surface area (Å²) >= 11 is 0. The number of anilines is 1. The van der Waals surface area contributed by atoms with Gasteiger partial charge in [-0.1, -0.05) is 11.6 Å². The number of amides is 1. The summed E-state index contributed by atoms with van der Waals surface area (Å²) < 4.78 is 13.2. The molecule has 29 heavy (non-hydrogen) atoms. The Labute approximate surface area is 168 Å². The number of hydrogen-bond donors (Lipinski definition) is 0. The van der Waals surface area contributed by atoms with Gasteiger partial charge in [-0.3, -0.25) is 14.7 Å². The minimum absolute atomic E-state index is 0.0990. The van der Waals surface area contributed by atoms with Crippen LogP contribution in [0.25, 0.3) is 5.69 Å². The molecule has 3 aromatic rings. The number of halogens is 1. The van der Waals surface area contributed by atoms with Crippen LogP contribution in [0.5, 0.6) is 0 Å². The minimum atomic E-state index is -0.298. The first-order chi connectivity index (χ1) is 14.0. The summed E-state index contributed by atoms with van der Waals surface area (Å²) in [6.45, 7) is 5.18. The number of hydroxylamine groups is 1. The largest absolute Gasteiger partial charge is 0.332 e. The van der Waals surface area contributed by atoms with Crippen molar-refractivity contribution < 1.29 is 14.0 Å². The van der Waals surface area contributed by atoms with Crippen LogP contribution in [0.15, 0.2) is 54.9 Å². The molecule has 0 spiro atoms. The molecular formula is C21H22FN5O2. The zero-order valence-electron chi connectivity index (χ0n) is 16.3. The Morgan fingerprint density at radius 3 is 2.55 bits per heavy atom. The number of aryl methyl sites for hydroxylation is 1. The van der Waals surface area contributed by atoms with Crippen molar-refractivity contribution in [2.24, 2.45) is 0 Å². The van der Waals surface area contributed by atoms with Gasteiger partial charge in [0.05, 0.1) is 48.5 Å². The molecular weight excluding hydrogens is 373 g/mol. The van der Waals surface area contributed by atoms with E-state index >= 15 is 0 Å². The maximum absolute atomic E-state index is 13.5. The zero-order chi connectivity index (χ0) is 20.4. The van der Waals surface area contributed by atoms with Gasteiger partial charge in [-0.05, 0) is 50.2 Å². The number of hydrogen-bond acceptors (Lipinski definition) is 5. The van der Waals surface area contributed by atoms with E-state index in [9.17, 15) is 9.18 Å². The van der Waals surface area contributed by atoms with E-state index in [0.717, 1.165) is 11.3 Å². The van der Waals surface area contributed by atoms with Crippen LogP contribution in [0.2, 0.25) is 0 Å². The predicted molar refractivity (Wildman–Crippen MR) is 106 cm³/mol. The van der Waals surface area contributed by atoms with Gasteiger partial charge >= 0.3 is 0 Å². The van der Waals surface area contributed by atoms with Crippen LogP contribution >= 0.6 is 0 Å². The van der Waals surface area contributed by atoms with Gasteiger partial charge < -0.3 is 4.90 Å². The van der Waals surface area contributed by atoms with Gasteiger partial charge in [0, 0.05) is 6.54 Å². The van der Waals surface area contributed by atoms with Crippen molar-refractivity contribution in [3.63, 3.8) is 0 Å². The van der Waals surface area contributed by atoms with E-state index in [4.69, 9.17) is 4.84 Å². The molecule has 1 aliphatic heterocycles. The van der Waals surface area contributed by atoms with Crippen molar-refractivity contribution in [3.8, 4) is 5.69 Å². The lowest BCUT2D eigenvalue weighted by Gasteiger charge is -2.26. The Kier molecular flexibility index (Phi) is 5.26. The highest BCUT2D eigenvalue weighted by molar-refractivity contribution is 5.98. The number of aromatic nitrogens is 3. The Morgan fingerprint density at radius 2 is 1.83 bits per heavy atom. The standard InChI is InChI=1S/C21H22FN5O2/c1-15-3-8-20(27-23-9-10-24-27)19(13-15)21(28)25-11-12-26(29-14-16(25)2)18-6-4-17(22)5-7-18/h3-10,13,16H,11-12,14H2,1-2H3/t16-/m1/s1. The quantitative estimate of drug-likeness (QED) is 0.682. The van der Waals surface area contributed by atoms with Crippen LogP contribution in [-0.4, -0.2) is 51.5 Å². The van der Waals surface area contributed by atoms with Gasteiger partial charge in [0.2, 0.25) is 0 Å². The van der Waals surface area contributed by atoms with Crippen molar-refractivity contribution in [1.29, 1.82) is 0 Å². The lowest BCUT2D eigenvalue weighted by molar-refractivity contribution is 0.0602. The smallest absolute Gasteiger partial charge is 0.256 e. The van der Waals surface area contributed by atoms with Crippen LogP contribution in [0.3, 0.4) is 0 Å². The summed E-state index contributed by atoms with van der Waals surface area (Å²) in [5, 5.41) is 10.0. The molecule has 1 atom stereocenters. The van der Waals surface area contributed by atoms with Gasteiger partial charge in [-0.15, -0.1) is 0 Å². The summed E-state index contributed by atoms with van der Waals surface area (Å²) in [6, 6.07) is 11.6. The number of carbonyl (C=O) groups is 1. The van der Waals surface area contributed by atoms with Crippen LogP contribution in [-0.2, 0) is 4.84 Å². The van der Waals surface area contributed by atoms with Crippen molar-refractivity contribution >= 4 is 11.6 Å². The number of benzene rings is 2. The van der Waals surface area contributed by atoms with E-state index in [1.165, 1.54) is 16.9 Å². The van der Waals surface area contributed by atoms with Gasteiger partial charge in [0.15, 0.2) is 0 Å². The first-order valence-electron chi connectivity index (χ1n) is 9.47. The zero-order valence-corrected chi connectivity index (χ0v) is 16.3. The molecule has 1 aromatic heterocycles. The fourth-order valence-corrected chi connectivity index (χ4v) is 3.37. The van der Waals surface area contributed by atoms with E-state index in [1.807, 2.05) is 32.0 Å². The molecule has 2 aromatic carbocycles. The van der Waals surface area contributed by atoms with E-state index in [1.54, 1.807) is 34.5 Å². The molecule has 0 bridgehead atoms. The first kappa shape index (κ1) is 19.1. The molecule has 1 aliphatic rings. The Balaban J connectivity index is 1.59. The third kappa shape index (κ3) is 3.97. The third-order valence-corrected chi connectivity index (χ3v) is 4.94. The van der Waals surface area contributed by atoms with E-state index in [-0.39, 0.29) is 17.8 Å². The number of carbonyl (C=O) groups excluding carboxylic acids is 1. The minimum Gasteiger partial charge on any atom is -0.332 e. The summed E-state index contributed by atoms with van der Waals surface area (Å²) in [7, 11) is 0. The molecule has 1 amide bonds. The van der Waals surface area contributed by atoms with Gasteiger partial charge in [-0.25, -0.2) is 4.39 Å². The molecule has 7 nitrogen and oxygen atoms in total. The van der Waals surface area contributed by atoms with Crippen molar-refractivity contribution in [3.05, 3.63) is 71.8 Å². The highest BCUT2D eigenvalue weighted by atomic mass is 19.1. The second-order valence-electron chi connectivity index (χ2n) is 7.06. The van der Waals surface area contributed by atoms with Gasteiger partial charge in [0.1, 0.15) is 5.82 Å². The van der Waals surface area contributed by atoms with Crippen LogP contribution in [0.1, 0.15) is 22.8 Å². The van der Waals surface area contributed by atoms with E-state index in [2.05, 4.69) is 10.2 Å². The van der Waals surface area contributed by atoms with Crippen LogP contribution in [0, 0.1) is 12.7 Å². The highest BCUT2D eigenvalue weighted by Crippen LogP contribution is 2.22. The monoisotopic (exact) mass is 395 g/mol. The normalized spacial score (nSPS) is 17.3. The summed E-state index contributed by atoms with van der Waals surface area (Å²) in [4.78, 5) is 22.6. The Morgan fingerprint density at radius 1 is 1.10 bits per heavy atom. The van der Waals surface area contributed by atoms with E-state index in [0.29, 0.717) is 30.9 Å². The van der Waals surface area contributed by atoms with Crippen molar-refractivity contribution in [1.82, 2.24) is 19.9 Å². The molecule has 0 aliphatic carbocycles. The summed E-state index contributed by atoms with van der Waals surface area (Å²) in [5.74, 6) is -0.397. The third-order valence-electron chi connectivity index (χ3n) is 4.94. The lowest BCUT2D eigenvalue weighted by Crippen LogP contribution is -2.41. The predicted octanol–water partition coefficient (Wildman–Crippen LogP) is 3.00. The maximum Gasteiger partial charge on any atom is 0.256 e. The van der Waals surface area contributed by atoms with E-state index < -0.39 is 0 Å². The molecule has 2 heterocycles. The SMILES string of the molecule is Cc1ccc(-n2nccn2)c(C(=O)N2CCN(c3ccc(F)cc3)OC[C@H]2C)c1. The molecule has 150 valence electrons. The second-order valence-corrected chi connectivity index (χ2v) is 7.06.